The second-order valence-electron chi connectivity index (χ2n) is 19.2. The van der Waals surface area contributed by atoms with E-state index in [1.54, 1.807) is 7.05 Å². The Morgan fingerprint density at radius 2 is 0.975 bits per heavy atom. The fourth-order valence-electron chi connectivity index (χ4n) is 7.84. The van der Waals surface area contributed by atoms with Crippen LogP contribution in [0.5, 0.6) is 0 Å². The van der Waals surface area contributed by atoms with Gasteiger partial charge in [0.05, 0.1) is 51.4 Å². The molecule has 1 aromatic rings. The molecule has 0 aromatic carbocycles. The zero-order valence-corrected chi connectivity index (χ0v) is 47.8. The number of nitrogens with one attached hydrogen (secondary N) is 8. The van der Waals surface area contributed by atoms with Crippen molar-refractivity contribution >= 4 is 63.2 Å². The molecule has 0 saturated heterocycles. The topological polar surface area (TPSA) is 404 Å². The van der Waals surface area contributed by atoms with E-state index in [4.69, 9.17) is 18.9 Å². The number of unbranched alkanes of at least 4 members (excludes halogenated alkanes) is 13. The average Bonchev–Trinajstić information content (AvgIpc) is 3.93. The highest BCUT2D eigenvalue weighted by Gasteiger charge is 2.25. The molecule has 0 aliphatic heterocycles. The summed E-state index contributed by atoms with van der Waals surface area (Å²) in [6.45, 7) is 1.91. The van der Waals surface area contributed by atoms with Crippen molar-refractivity contribution in [3.63, 3.8) is 0 Å². The van der Waals surface area contributed by atoms with Gasteiger partial charge in [0, 0.05) is 51.7 Å². The molecule has 0 spiro atoms. The first-order valence-electron chi connectivity index (χ1n) is 28.0. The van der Waals surface area contributed by atoms with Crippen molar-refractivity contribution in [2.24, 2.45) is 0 Å². The molecule has 10 N–H and O–H groups in total. The minimum Gasteiger partial charge on any atom is -0.480 e. The highest BCUT2D eigenvalue weighted by molar-refractivity contribution is 7.90. The zero-order valence-electron chi connectivity index (χ0n) is 47.0. The van der Waals surface area contributed by atoms with Crippen LogP contribution in [0.4, 0.5) is 0 Å². The van der Waals surface area contributed by atoms with Crippen LogP contribution in [0.25, 0.3) is 0 Å². The Hall–Kier alpha value is -5.75. The Morgan fingerprint density at radius 1 is 0.500 bits per heavy atom. The van der Waals surface area contributed by atoms with Gasteiger partial charge < -0.3 is 61.1 Å². The summed E-state index contributed by atoms with van der Waals surface area (Å²) in [4.78, 5) is 108. The predicted molar refractivity (Wildman–Crippen MR) is 291 cm³/mol. The number of H-pyrrole nitrogens is 1. The molecule has 0 saturated carbocycles. The SMILES string of the molecule is CNC(CCCCNC(=O)CCC(NC(=O)CCC(NC(=O)COCCOCCNC(=O)COCCOCCNC(=O)CCCS(=O)(=O)NC(=O)CCCCCCCCCCCCCCCc1nn[nH]n1)C(=O)O)C(=O)O)C(C)=O. The lowest BCUT2D eigenvalue weighted by Gasteiger charge is -2.17. The minimum absolute atomic E-state index is 0.0177. The van der Waals surface area contributed by atoms with Crippen LogP contribution in [0, 0.1) is 0 Å². The lowest BCUT2D eigenvalue weighted by molar-refractivity contribution is -0.144. The van der Waals surface area contributed by atoms with E-state index in [0.29, 0.717) is 32.2 Å². The molecular formula is C51H91N11O17S. The third kappa shape index (κ3) is 42.2. The number of sulfonamides is 1. The molecule has 0 radical (unpaired) electrons. The predicted octanol–water partition coefficient (Wildman–Crippen LogP) is 0.891. The largest absolute Gasteiger partial charge is 0.480 e. The fourth-order valence-corrected chi connectivity index (χ4v) is 8.92. The van der Waals surface area contributed by atoms with Crippen molar-refractivity contribution in [3.05, 3.63) is 5.82 Å². The minimum atomic E-state index is -3.85. The third-order valence-electron chi connectivity index (χ3n) is 12.3. The number of nitrogens with zero attached hydrogens (tertiary/aromatic N) is 3. The van der Waals surface area contributed by atoms with Crippen molar-refractivity contribution < 1.29 is 80.7 Å². The maximum atomic E-state index is 12.5. The molecule has 80 heavy (non-hydrogen) atoms. The number of rotatable bonds is 54. The van der Waals surface area contributed by atoms with E-state index in [1.165, 1.54) is 51.9 Å². The Balaban J connectivity index is 1.99. The summed E-state index contributed by atoms with van der Waals surface area (Å²) in [6.07, 6.45) is 16.1. The number of carboxylic acids is 2. The van der Waals surface area contributed by atoms with Gasteiger partial charge in [-0.25, -0.2) is 18.0 Å². The summed E-state index contributed by atoms with van der Waals surface area (Å²) >= 11 is 0. The molecule has 0 aliphatic rings. The van der Waals surface area contributed by atoms with E-state index in [0.717, 1.165) is 44.3 Å². The standard InChI is InChI=1S/C51H91N11O17S/c1-39(63)40(52-2)19-16-17-27-53-45(65)25-23-41(50(70)71)56-46(66)26-24-42(51(72)73)57-49(69)38-79-35-33-77-31-29-55-48(68)37-78-34-32-76-30-28-54-44(64)22-18-36-80(74,75)60-47(67)21-15-13-11-9-7-5-3-4-6-8-10-12-14-20-43-58-61-62-59-43/h40-42,52H,3-38H2,1-2H3,(H,53,65)(H,54,64)(H,55,68)(H,56,66)(H,57,69)(H,60,67)(H,70,71)(H,72,73)(H,58,59,61,62). The number of aromatic amines is 1. The summed E-state index contributed by atoms with van der Waals surface area (Å²) < 4.78 is 47.9. The number of aliphatic carboxylic acids is 2. The van der Waals surface area contributed by atoms with E-state index in [9.17, 15) is 61.8 Å². The van der Waals surface area contributed by atoms with Gasteiger partial charge in [-0.15, -0.1) is 10.2 Å². The van der Waals surface area contributed by atoms with Gasteiger partial charge in [0.1, 0.15) is 31.1 Å². The van der Waals surface area contributed by atoms with E-state index in [-0.39, 0.29) is 121 Å². The van der Waals surface area contributed by atoms with Crippen LogP contribution in [0.1, 0.15) is 160 Å². The number of likely N-dealkylation sites (N-methyl/N-ethyl adjacent to an activating group) is 1. The van der Waals surface area contributed by atoms with Crippen molar-refractivity contribution in [2.75, 3.05) is 85.3 Å². The first kappa shape index (κ1) is 72.3. The quantitative estimate of drug-likeness (QED) is 0.0405. The number of hydrogen-bond acceptors (Lipinski definition) is 19. The number of aryl methyl sites for hydroxylation is 1. The maximum absolute atomic E-state index is 12.5. The summed E-state index contributed by atoms with van der Waals surface area (Å²) in [5.41, 5.74) is 0. The Morgan fingerprint density at radius 3 is 1.51 bits per heavy atom. The lowest BCUT2D eigenvalue weighted by atomic mass is 10.0. The van der Waals surface area contributed by atoms with Crippen molar-refractivity contribution in [2.45, 2.75) is 179 Å². The number of carboxylic acid groups (broad SMARTS) is 2. The summed E-state index contributed by atoms with van der Waals surface area (Å²) in [5.74, 6) is -5.65. The summed E-state index contributed by atoms with van der Waals surface area (Å²) in [6, 6.07) is -3.14. The number of amides is 6. The molecule has 3 unspecified atom stereocenters. The lowest BCUT2D eigenvalue weighted by Crippen LogP contribution is -2.45. The maximum Gasteiger partial charge on any atom is 0.326 e. The number of aromatic nitrogens is 4. The number of carbonyl (C=O) groups excluding carboxylic acids is 7. The van der Waals surface area contributed by atoms with Gasteiger partial charge in [0.2, 0.25) is 45.5 Å². The normalized spacial score (nSPS) is 12.4. The molecule has 0 bridgehead atoms. The highest BCUT2D eigenvalue weighted by Crippen LogP contribution is 2.14. The number of Topliss-reactive ketones (excluding diaryl/α,β-unsaturated/α-hetero) is 1. The molecule has 29 heteroatoms. The van der Waals surface area contributed by atoms with E-state index < -0.39 is 76.6 Å². The first-order chi connectivity index (χ1) is 38.4. The van der Waals surface area contributed by atoms with E-state index in [1.807, 2.05) is 0 Å². The van der Waals surface area contributed by atoms with E-state index >= 15 is 0 Å². The molecule has 0 fully saturated rings. The third-order valence-corrected chi connectivity index (χ3v) is 13.7. The van der Waals surface area contributed by atoms with Gasteiger partial charge in [-0.05, 0) is 65.3 Å². The van der Waals surface area contributed by atoms with Gasteiger partial charge in [-0.3, -0.25) is 38.3 Å². The molecule has 3 atom stereocenters. The average molecular weight is 1160 g/mol. The number of carbonyl (C=O) groups is 9. The Labute approximate surface area is 470 Å². The van der Waals surface area contributed by atoms with Crippen molar-refractivity contribution in [1.82, 2.24) is 57.2 Å². The molecule has 6 amide bonds. The second kappa shape index (κ2) is 46.9. The summed E-state index contributed by atoms with van der Waals surface area (Å²) in [5, 5.41) is 48.3. The molecule has 0 aliphatic carbocycles. The monoisotopic (exact) mass is 1160 g/mol. The first-order valence-corrected chi connectivity index (χ1v) is 29.7. The van der Waals surface area contributed by atoms with Gasteiger partial charge >= 0.3 is 11.9 Å². The fraction of sp³-hybridized carbons (Fsp3) is 0.804. The van der Waals surface area contributed by atoms with Crippen LogP contribution in [0.15, 0.2) is 0 Å². The number of hydrogen-bond donors (Lipinski definition) is 10. The smallest absolute Gasteiger partial charge is 0.326 e. The summed E-state index contributed by atoms with van der Waals surface area (Å²) in [7, 11) is -2.16. The van der Waals surface area contributed by atoms with Crippen molar-refractivity contribution in [3.8, 4) is 0 Å². The number of ether oxygens (including phenoxy) is 4. The van der Waals surface area contributed by atoms with Gasteiger partial charge in [-0.2, -0.15) is 5.21 Å². The molecule has 1 heterocycles. The van der Waals surface area contributed by atoms with Crippen molar-refractivity contribution in [1.29, 1.82) is 0 Å². The van der Waals surface area contributed by atoms with Crippen LogP contribution in [-0.2, 0) is 78.5 Å². The Bertz CT molecular complexity index is 2040. The number of tetrazole rings is 1. The Kier molecular flexibility index (Phi) is 42.4. The zero-order chi connectivity index (χ0) is 59.1. The van der Waals surface area contributed by atoms with Crippen LogP contribution in [0.3, 0.4) is 0 Å². The van der Waals surface area contributed by atoms with Crippen LogP contribution < -0.4 is 36.6 Å². The highest BCUT2D eigenvalue weighted by atomic mass is 32.2. The molecule has 1 rings (SSSR count). The molecular weight excluding hydrogens is 1070 g/mol. The number of ketones is 1. The van der Waals surface area contributed by atoms with Crippen LogP contribution in [-0.4, -0.2) is 196 Å². The molecule has 1 aromatic heterocycles. The second-order valence-corrected chi connectivity index (χ2v) is 21.0. The van der Waals surface area contributed by atoms with Gasteiger partial charge in [-0.1, -0.05) is 75.8 Å². The van der Waals surface area contributed by atoms with Gasteiger partial charge in [0.25, 0.3) is 0 Å². The van der Waals surface area contributed by atoms with Gasteiger partial charge in [0.15, 0.2) is 5.82 Å². The molecule has 28 nitrogen and oxygen atoms in total. The molecule has 458 valence electrons. The van der Waals surface area contributed by atoms with E-state index in [2.05, 4.69) is 57.2 Å². The van der Waals surface area contributed by atoms with Crippen LogP contribution >= 0.6 is 0 Å². The van der Waals surface area contributed by atoms with Crippen LogP contribution in [0.2, 0.25) is 0 Å².